The van der Waals surface area contributed by atoms with Crippen molar-refractivity contribution in [2.75, 3.05) is 31.2 Å². The van der Waals surface area contributed by atoms with Crippen molar-refractivity contribution < 1.29 is 9.84 Å². The highest BCUT2D eigenvalue weighted by atomic mass is 16.5. The fourth-order valence-corrected chi connectivity index (χ4v) is 2.22. The van der Waals surface area contributed by atoms with Crippen LogP contribution in [0.1, 0.15) is 25.0 Å². The van der Waals surface area contributed by atoms with Crippen LogP contribution in [0.2, 0.25) is 0 Å². The average Bonchev–Trinajstić information content (AvgIpc) is 2.29. The third-order valence-electron chi connectivity index (χ3n) is 3.16. The number of ether oxygens (including phenoxy) is 1. The second-order valence-electron chi connectivity index (χ2n) is 5.18. The van der Waals surface area contributed by atoms with Gasteiger partial charge in [-0.15, -0.1) is 0 Å². The molecule has 1 saturated heterocycles. The number of hydrogen-bond acceptors (Lipinski definition) is 3. The molecule has 2 rings (SSSR count). The van der Waals surface area contributed by atoms with Crippen LogP contribution in [-0.4, -0.2) is 31.4 Å². The van der Waals surface area contributed by atoms with Crippen molar-refractivity contribution in [1.82, 2.24) is 0 Å². The number of aryl methyl sites for hydroxylation is 1. The summed E-state index contributed by atoms with van der Waals surface area (Å²) in [7, 11) is 0. The van der Waals surface area contributed by atoms with E-state index < -0.39 is 5.60 Å². The topological polar surface area (TPSA) is 32.7 Å². The molecule has 1 fully saturated rings. The van der Waals surface area contributed by atoms with Crippen LogP contribution in [0.4, 0.5) is 5.69 Å². The third kappa shape index (κ3) is 2.79. The van der Waals surface area contributed by atoms with Crippen molar-refractivity contribution in [3.8, 4) is 0 Å². The molecule has 0 aromatic heterocycles. The van der Waals surface area contributed by atoms with Gasteiger partial charge in [-0.1, -0.05) is 17.7 Å². The van der Waals surface area contributed by atoms with Gasteiger partial charge in [0.05, 0.1) is 18.8 Å². The Balaban J connectivity index is 2.38. The first-order chi connectivity index (χ1) is 7.98. The quantitative estimate of drug-likeness (QED) is 0.851. The fraction of sp³-hybridized carbons (Fsp3) is 0.571. The normalized spacial score (nSPS) is 17.3. The Kier molecular flexibility index (Phi) is 3.40. The lowest BCUT2D eigenvalue weighted by atomic mass is 9.94. The number of benzene rings is 1. The largest absolute Gasteiger partial charge is 0.386 e. The van der Waals surface area contributed by atoms with E-state index in [0.717, 1.165) is 37.6 Å². The number of aliphatic hydroxyl groups is 1. The highest BCUT2D eigenvalue weighted by Crippen LogP contribution is 2.31. The zero-order valence-electron chi connectivity index (χ0n) is 10.9. The second-order valence-corrected chi connectivity index (χ2v) is 5.18. The summed E-state index contributed by atoms with van der Waals surface area (Å²) < 4.78 is 5.37. The molecule has 0 atom stereocenters. The van der Waals surface area contributed by atoms with Crippen LogP contribution >= 0.6 is 0 Å². The SMILES string of the molecule is Cc1ccc(N2CCOCC2)c(C(C)(C)O)c1. The molecule has 1 heterocycles. The molecule has 0 bridgehead atoms. The van der Waals surface area contributed by atoms with E-state index >= 15 is 0 Å². The summed E-state index contributed by atoms with van der Waals surface area (Å²) in [5.74, 6) is 0. The Hall–Kier alpha value is -1.06. The second kappa shape index (κ2) is 4.67. The van der Waals surface area contributed by atoms with Gasteiger partial charge in [-0.25, -0.2) is 0 Å². The first-order valence-electron chi connectivity index (χ1n) is 6.15. The van der Waals surface area contributed by atoms with E-state index in [1.54, 1.807) is 0 Å². The van der Waals surface area contributed by atoms with Crippen molar-refractivity contribution in [1.29, 1.82) is 0 Å². The van der Waals surface area contributed by atoms with Gasteiger partial charge >= 0.3 is 0 Å². The first-order valence-corrected chi connectivity index (χ1v) is 6.15. The molecule has 1 N–H and O–H groups in total. The maximum atomic E-state index is 10.3. The predicted molar refractivity (Wildman–Crippen MR) is 69.5 cm³/mol. The van der Waals surface area contributed by atoms with Gasteiger partial charge in [0.1, 0.15) is 0 Å². The summed E-state index contributed by atoms with van der Waals surface area (Å²) in [6, 6.07) is 6.28. The molecule has 0 unspecified atom stereocenters. The maximum absolute atomic E-state index is 10.3. The van der Waals surface area contributed by atoms with E-state index in [0.29, 0.717) is 0 Å². The first kappa shape index (κ1) is 12.4. The Bertz CT molecular complexity index is 390. The highest BCUT2D eigenvalue weighted by Gasteiger charge is 2.23. The fourth-order valence-electron chi connectivity index (χ4n) is 2.22. The molecule has 1 aliphatic rings. The van der Waals surface area contributed by atoms with E-state index in [4.69, 9.17) is 4.74 Å². The van der Waals surface area contributed by atoms with Gasteiger partial charge in [0, 0.05) is 24.3 Å². The number of rotatable bonds is 2. The number of hydrogen-bond donors (Lipinski definition) is 1. The van der Waals surface area contributed by atoms with E-state index in [1.165, 1.54) is 5.56 Å². The van der Waals surface area contributed by atoms with E-state index in [1.807, 2.05) is 13.8 Å². The van der Waals surface area contributed by atoms with Crippen LogP contribution in [-0.2, 0) is 10.3 Å². The molecule has 0 aliphatic carbocycles. The minimum atomic E-state index is -0.806. The molecule has 94 valence electrons. The van der Waals surface area contributed by atoms with Gasteiger partial charge in [-0.2, -0.15) is 0 Å². The molecule has 1 aromatic carbocycles. The lowest BCUT2D eigenvalue weighted by molar-refractivity contribution is 0.0780. The zero-order chi connectivity index (χ0) is 12.5. The molecular weight excluding hydrogens is 214 g/mol. The van der Waals surface area contributed by atoms with Crippen LogP contribution in [0, 0.1) is 6.92 Å². The smallest absolute Gasteiger partial charge is 0.0860 e. The molecule has 1 aliphatic heterocycles. The van der Waals surface area contributed by atoms with Crippen LogP contribution < -0.4 is 4.90 Å². The summed E-state index contributed by atoms with van der Waals surface area (Å²) in [6.45, 7) is 9.05. The predicted octanol–water partition coefficient (Wildman–Crippen LogP) is 2.06. The Morgan fingerprint density at radius 1 is 1.24 bits per heavy atom. The van der Waals surface area contributed by atoms with Crippen LogP contribution in [0.5, 0.6) is 0 Å². The van der Waals surface area contributed by atoms with E-state index in [-0.39, 0.29) is 0 Å². The summed E-state index contributed by atoms with van der Waals surface area (Å²) in [5, 5.41) is 10.3. The third-order valence-corrected chi connectivity index (χ3v) is 3.16. The molecule has 0 radical (unpaired) electrons. The van der Waals surface area contributed by atoms with Crippen molar-refractivity contribution in [3.63, 3.8) is 0 Å². The molecule has 3 heteroatoms. The highest BCUT2D eigenvalue weighted by molar-refractivity contribution is 5.57. The average molecular weight is 235 g/mol. The van der Waals surface area contributed by atoms with Crippen LogP contribution in [0.15, 0.2) is 18.2 Å². The minimum Gasteiger partial charge on any atom is -0.386 e. The summed E-state index contributed by atoms with van der Waals surface area (Å²) in [4.78, 5) is 2.29. The molecule has 0 amide bonds. The Labute approximate surface area is 103 Å². The van der Waals surface area contributed by atoms with Crippen molar-refractivity contribution >= 4 is 5.69 Å². The van der Waals surface area contributed by atoms with Crippen LogP contribution in [0.25, 0.3) is 0 Å². The molecule has 1 aromatic rings. The Morgan fingerprint density at radius 3 is 2.47 bits per heavy atom. The molecule has 3 nitrogen and oxygen atoms in total. The summed E-state index contributed by atoms with van der Waals surface area (Å²) in [5.41, 5.74) is 2.50. The summed E-state index contributed by atoms with van der Waals surface area (Å²) >= 11 is 0. The molecule has 17 heavy (non-hydrogen) atoms. The standard InChI is InChI=1S/C14H21NO2/c1-11-4-5-13(12(10-11)14(2,3)16)15-6-8-17-9-7-15/h4-5,10,16H,6-9H2,1-3H3. The van der Waals surface area contributed by atoms with Gasteiger partial charge in [0.25, 0.3) is 0 Å². The number of anilines is 1. The van der Waals surface area contributed by atoms with Crippen LogP contribution in [0.3, 0.4) is 0 Å². The van der Waals surface area contributed by atoms with Gasteiger partial charge < -0.3 is 14.7 Å². The minimum absolute atomic E-state index is 0.763. The van der Waals surface area contributed by atoms with Gasteiger partial charge in [0.15, 0.2) is 0 Å². The monoisotopic (exact) mass is 235 g/mol. The maximum Gasteiger partial charge on any atom is 0.0860 e. The van der Waals surface area contributed by atoms with Gasteiger partial charge in [-0.05, 0) is 26.8 Å². The number of morpholine rings is 1. The van der Waals surface area contributed by atoms with Crippen molar-refractivity contribution in [2.24, 2.45) is 0 Å². The molecular formula is C14H21NO2. The molecule has 0 spiro atoms. The van der Waals surface area contributed by atoms with Crippen molar-refractivity contribution in [2.45, 2.75) is 26.4 Å². The van der Waals surface area contributed by atoms with E-state index in [2.05, 4.69) is 30.0 Å². The van der Waals surface area contributed by atoms with Crippen molar-refractivity contribution in [3.05, 3.63) is 29.3 Å². The van der Waals surface area contributed by atoms with Gasteiger partial charge in [0.2, 0.25) is 0 Å². The Morgan fingerprint density at radius 2 is 1.88 bits per heavy atom. The molecule has 0 saturated carbocycles. The number of nitrogens with zero attached hydrogens (tertiary/aromatic N) is 1. The lowest BCUT2D eigenvalue weighted by Gasteiger charge is -2.33. The van der Waals surface area contributed by atoms with Gasteiger partial charge in [-0.3, -0.25) is 0 Å². The summed E-state index contributed by atoms with van der Waals surface area (Å²) in [6.07, 6.45) is 0. The zero-order valence-corrected chi connectivity index (χ0v) is 10.9. The lowest BCUT2D eigenvalue weighted by Crippen LogP contribution is -2.37. The van der Waals surface area contributed by atoms with E-state index in [9.17, 15) is 5.11 Å².